The number of hydrogen-bond donors (Lipinski definition) is 2. The minimum atomic E-state index is 0.384. The highest BCUT2D eigenvalue weighted by atomic mass is 35.5. The van der Waals surface area contributed by atoms with Crippen molar-refractivity contribution in [1.82, 2.24) is 5.32 Å². The number of hydrogen-bond acceptors (Lipinski definition) is 2. The topological polar surface area (TPSA) is 24.1 Å². The molecule has 1 aliphatic rings. The lowest BCUT2D eigenvalue weighted by molar-refractivity contribution is 0.533. The molecule has 0 radical (unpaired) electrons. The average Bonchev–Trinajstić information content (AvgIpc) is 2.34. The van der Waals surface area contributed by atoms with E-state index in [2.05, 4.69) is 35.5 Å². The molecular formula is C14H17ClN2. The van der Waals surface area contributed by atoms with Crippen LogP contribution in [0.5, 0.6) is 0 Å². The molecule has 1 aromatic carbocycles. The van der Waals surface area contributed by atoms with Crippen molar-refractivity contribution < 1.29 is 0 Å². The molecule has 0 aromatic heterocycles. The predicted molar refractivity (Wildman–Crippen MR) is 73.4 cm³/mol. The van der Waals surface area contributed by atoms with Crippen LogP contribution in [0.1, 0.15) is 31.4 Å². The van der Waals surface area contributed by atoms with Crippen LogP contribution in [0.2, 0.25) is 5.02 Å². The molecule has 90 valence electrons. The van der Waals surface area contributed by atoms with Crippen molar-refractivity contribution in [2.24, 2.45) is 0 Å². The lowest BCUT2D eigenvalue weighted by Crippen LogP contribution is -2.28. The smallest absolute Gasteiger partial charge is 0.0581 e. The molecule has 0 saturated carbocycles. The van der Waals surface area contributed by atoms with E-state index in [9.17, 15) is 0 Å². The number of halogens is 1. The van der Waals surface area contributed by atoms with Gasteiger partial charge in [0.15, 0.2) is 0 Å². The van der Waals surface area contributed by atoms with Crippen LogP contribution in [-0.4, -0.2) is 13.1 Å². The van der Waals surface area contributed by atoms with Gasteiger partial charge in [-0.15, -0.1) is 5.92 Å². The van der Waals surface area contributed by atoms with Gasteiger partial charge >= 0.3 is 0 Å². The first-order valence-corrected chi connectivity index (χ1v) is 6.41. The van der Waals surface area contributed by atoms with E-state index in [4.69, 9.17) is 11.6 Å². The highest BCUT2D eigenvalue weighted by Crippen LogP contribution is 2.31. The van der Waals surface area contributed by atoms with Gasteiger partial charge in [0.05, 0.1) is 6.54 Å². The highest BCUT2D eigenvalue weighted by molar-refractivity contribution is 6.30. The molecule has 2 rings (SSSR count). The summed E-state index contributed by atoms with van der Waals surface area (Å²) in [5.41, 5.74) is 2.43. The van der Waals surface area contributed by atoms with Crippen molar-refractivity contribution in [2.75, 3.05) is 18.4 Å². The SMILES string of the molecule is CCC#CCNC1CCNc2cc(Cl)ccc21. The molecule has 0 saturated heterocycles. The number of fused-ring (bicyclic) bond motifs is 1. The van der Waals surface area contributed by atoms with Crippen molar-refractivity contribution in [2.45, 2.75) is 25.8 Å². The summed E-state index contributed by atoms with van der Waals surface area (Å²) in [5, 5.41) is 7.63. The first kappa shape index (κ1) is 12.3. The molecule has 1 atom stereocenters. The minimum absolute atomic E-state index is 0.384. The van der Waals surface area contributed by atoms with Gasteiger partial charge in [-0.25, -0.2) is 0 Å². The molecule has 1 unspecified atom stereocenters. The highest BCUT2D eigenvalue weighted by Gasteiger charge is 2.18. The van der Waals surface area contributed by atoms with Crippen LogP contribution in [-0.2, 0) is 0 Å². The molecule has 17 heavy (non-hydrogen) atoms. The molecule has 0 spiro atoms. The largest absolute Gasteiger partial charge is 0.385 e. The Balaban J connectivity index is 2.06. The molecule has 0 fully saturated rings. The maximum Gasteiger partial charge on any atom is 0.0581 e. The summed E-state index contributed by atoms with van der Waals surface area (Å²) < 4.78 is 0. The third-order valence-corrected chi connectivity index (χ3v) is 3.11. The number of nitrogens with one attached hydrogen (secondary N) is 2. The quantitative estimate of drug-likeness (QED) is 0.786. The zero-order chi connectivity index (χ0) is 12.1. The van der Waals surface area contributed by atoms with Crippen LogP contribution < -0.4 is 10.6 Å². The monoisotopic (exact) mass is 248 g/mol. The second-order valence-electron chi connectivity index (χ2n) is 4.09. The molecular weight excluding hydrogens is 232 g/mol. The Morgan fingerprint density at radius 1 is 1.47 bits per heavy atom. The second-order valence-corrected chi connectivity index (χ2v) is 4.52. The van der Waals surface area contributed by atoms with Gasteiger partial charge in [-0.2, -0.15) is 0 Å². The number of anilines is 1. The number of rotatable bonds is 2. The van der Waals surface area contributed by atoms with Crippen LogP contribution in [0.25, 0.3) is 0 Å². The Labute approximate surface area is 108 Å². The fourth-order valence-corrected chi connectivity index (χ4v) is 2.24. The second kappa shape index (κ2) is 5.95. The third-order valence-electron chi connectivity index (χ3n) is 2.88. The Morgan fingerprint density at radius 2 is 2.35 bits per heavy atom. The van der Waals surface area contributed by atoms with Crippen molar-refractivity contribution in [3.63, 3.8) is 0 Å². The Kier molecular flexibility index (Phi) is 4.30. The molecule has 2 N–H and O–H groups in total. The Bertz CT molecular complexity index is 445. The summed E-state index contributed by atoms with van der Waals surface area (Å²) in [6.07, 6.45) is 2.00. The average molecular weight is 249 g/mol. The molecule has 0 aliphatic carbocycles. The van der Waals surface area contributed by atoms with Gasteiger partial charge in [0.1, 0.15) is 0 Å². The van der Waals surface area contributed by atoms with E-state index in [1.807, 2.05) is 12.1 Å². The first-order chi connectivity index (χ1) is 8.31. The normalized spacial score (nSPS) is 17.6. The van der Waals surface area contributed by atoms with Crippen molar-refractivity contribution >= 4 is 17.3 Å². The lowest BCUT2D eigenvalue weighted by Gasteiger charge is -2.27. The summed E-state index contributed by atoms with van der Waals surface area (Å²) in [6, 6.07) is 6.41. The van der Waals surface area contributed by atoms with E-state index in [1.165, 1.54) is 5.56 Å². The van der Waals surface area contributed by atoms with Crippen LogP contribution in [0.15, 0.2) is 18.2 Å². The van der Waals surface area contributed by atoms with Gasteiger partial charge in [-0.1, -0.05) is 30.5 Å². The maximum absolute atomic E-state index is 5.99. The molecule has 2 nitrogen and oxygen atoms in total. The zero-order valence-electron chi connectivity index (χ0n) is 10.0. The van der Waals surface area contributed by atoms with Crippen LogP contribution in [0.3, 0.4) is 0 Å². The minimum Gasteiger partial charge on any atom is -0.385 e. The Hall–Kier alpha value is -1.17. The molecule has 1 aliphatic heterocycles. The fraction of sp³-hybridized carbons (Fsp3) is 0.429. The van der Waals surface area contributed by atoms with Gasteiger partial charge in [0, 0.05) is 29.7 Å². The number of benzene rings is 1. The lowest BCUT2D eigenvalue weighted by atomic mass is 9.98. The standard InChI is InChI=1S/C14H17ClN2/c1-2-3-4-8-16-13-7-9-17-14-10-11(15)5-6-12(13)14/h5-6,10,13,16-17H,2,7-9H2,1H3. The van der Waals surface area contributed by atoms with E-state index in [-0.39, 0.29) is 0 Å². The maximum atomic E-state index is 5.99. The molecule has 0 bridgehead atoms. The predicted octanol–water partition coefficient (Wildman–Crippen LogP) is 3.20. The molecule has 1 heterocycles. The van der Waals surface area contributed by atoms with Gasteiger partial charge in [0.25, 0.3) is 0 Å². The third kappa shape index (κ3) is 3.15. The van der Waals surface area contributed by atoms with Crippen LogP contribution in [0, 0.1) is 11.8 Å². The van der Waals surface area contributed by atoms with Gasteiger partial charge in [0.2, 0.25) is 0 Å². The van der Waals surface area contributed by atoms with Crippen molar-refractivity contribution in [1.29, 1.82) is 0 Å². The molecule has 3 heteroatoms. The van der Waals surface area contributed by atoms with Gasteiger partial charge in [-0.05, 0) is 24.1 Å². The van der Waals surface area contributed by atoms with Gasteiger partial charge < -0.3 is 5.32 Å². The first-order valence-electron chi connectivity index (χ1n) is 6.03. The summed E-state index contributed by atoms with van der Waals surface area (Å²) in [4.78, 5) is 0. The molecule has 0 amide bonds. The molecule has 1 aromatic rings. The fourth-order valence-electron chi connectivity index (χ4n) is 2.07. The van der Waals surface area contributed by atoms with E-state index < -0.39 is 0 Å². The van der Waals surface area contributed by atoms with Crippen LogP contribution >= 0.6 is 11.6 Å². The van der Waals surface area contributed by atoms with E-state index in [1.54, 1.807) is 0 Å². The summed E-state index contributed by atoms with van der Waals surface area (Å²) in [6.45, 7) is 3.79. The van der Waals surface area contributed by atoms with E-state index in [0.717, 1.165) is 36.6 Å². The van der Waals surface area contributed by atoms with E-state index >= 15 is 0 Å². The van der Waals surface area contributed by atoms with Crippen molar-refractivity contribution in [3.05, 3.63) is 28.8 Å². The summed E-state index contributed by atoms with van der Waals surface area (Å²) in [5.74, 6) is 6.19. The van der Waals surface area contributed by atoms with Crippen molar-refractivity contribution in [3.8, 4) is 11.8 Å². The Morgan fingerprint density at radius 3 is 3.18 bits per heavy atom. The van der Waals surface area contributed by atoms with Gasteiger partial charge in [-0.3, -0.25) is 5.32 Å². The van der Waals surface area contributed by atoms with E-state index in [0.29, 0.717) is 6.04 Å². The summed E-state index contributed by atoms with van der Waals surface area (Å²) >= 11 is 5.99. The zero-order valence-corrected chi connectivity index (χ0v) is 10.8. The summed E-state index contributed by atoms with van der Waals surface area (Å²) in [7, 11) is 0. The van der Waals surface area contributed by atoms with Crippen LogP contribution in [0.4, 0.5) is 5.69 Å².